The van der Waals surface area contributed by atoms with Gasteiger partial charge in [0.05, 0.1) is 0 Å². The number of rotatable bonds is 4. The lowest BCUT2D eigenvalue weighted by molar-refractivity contribution is 0.134. The molecule has 4 aliphatic heterocycles. The van der Waals surface area contributed by atoms with Crippen LogP contribution in [0.5, 0.6) is 0 Å². The maximum absolute atomic E-state index is 9.06. The van der Waals surface area contributed by atoms with E-state index >= 15 is 0 Å². The molecule has 0 radical (unpaired) electrons. The zero-order chi connectivity index (χ0) is 34.0. The lowest BCUT2D eigenvalue weighted by Crippen LogP contribution is -2.40. The number of piperidine rings is 2. The summed E-state index contributed by atoms with van der Waals surface area (Å²) in [6.07, 6.45) is 7.39. The number of benzene rings is 3. The average molecular weight is 667 g/mol. The molecule has 3 aromatic carbocycles. The van der Waals surface area contributed by atoms with Crippen LogP contribution in [0, 0.1) is 21.6 Å². The van der Waals surface area contributed by atoms with Crippen LogP contribution in [0.15, 0.2) is 72.8 Å². The van der Waals surface area contributed by atoms with Crippen LogP contribution in [-0.2, 0) is 0 Å². The van der Waals surface area contributed by atoms with Crippen LogP contribution in [0.4, 0.5) is 0 Å². The maximum atomic E-state index is 9.06. The van der Waals surface area contributed by atoms with Crippen molar-refractivity contribution >= 4 is 33.5 Å². The molecule has 0 atom stereocenters. The summed E-state index contributed by atoms with van der Waals surface area (Å²) in [4.78, 5) is 16.8. The van der Waals surface area contributed by atoms with E-state index in [-0.39, 0.29) is 0 Å². The lowest BCUT2D eigenvalue weighted by atomic mass is 9.78. The van der Waals surface area contributed by atoms with Crippen molar-refractivity contribution in [3.8, 4) is 22.5 Å². The number of aromatic amines is 2. The van der Waals surface area contributed by atoms with Crippen LogP contribution in [0.3, 0.4) is 0 Å². The van der Waals surface area contributed by atoms with E-state index < -0.39 is 0 Å². The molecular weight excluding hydrogens is 617 g/mol. The third kappa shape index (κ3) is 5.72. The molecule has 5 aromatic rings. The fraction of sp³-hybridized carbons (Fsp3) is 0.429. The molecule has 9 rings (SSSR count). The molecule has 0 amide bonds. The molecule has 4 N–H and O–H groups in total. The predicted molar refractivity (Wildman–Crippen MR) is 205 cm³/mol. The summed E-state index contributed by atoms with van der Waals surface area (Å²) < 4.78 is 0. The summed E-state index contributed by atoms with van der Waals surface area (Å²) in [5.41, 5.74) is 9.37. The fourth-order valence-corrected chi connectivity index (χ4v) is 9.31. The van der Waals surface area contributed by atoms with Crippen LogP contribution in [-0.4, -0.2) is 108 Å². The number of amidine groups is 2. The molecule has 50 heavy (non-hydrogen) atoms. The van der Waals surface area contributed by atoms with Crippen molar-refractivity contribution in [2.45, 2.75) is 38.5 Å². The highest BCUT2D eigenvalue weighted by atomic mass is 15.2. The van der Waals surface area contributed by atoms with E-state index in [0.717, 1.165) is 70.9 Å². The van der Waals surface area contributed by atoms with Gasteiger partial charge in [-0.1, -0.05) is 48.5 Å². The number of aromatic nitrogens is 2. The van der Waals surface area contributed by atoms with E-state index in [1.54, 1.807) is 0 Å². The standard InChI is InChI=1S/C42H50N8/c1-47-17-11-41(12-18-47)15-21-49(27-41)39(43)33-9-7-31-23-35(45-37(31)25-33)29-3-5-30(6-4-29)36-24-32-8-10-34(26-38(32)46-36)40(44)50-22-16-42(28-50)13-19-48(2)20-14-42/h3-10,23-26,43-46H,11-22,27-28H2,1-2H3. The summed E-state index contributed by atoms with van der Waals surface area (Å²) in [6.45, 7) is 8.69. The second kappa shape index (κ2) is 12.1. The Kier molecular flexibility index (Phi) is 7.66. The molecule has 4 saturated heterocycles. The van der Waals surface area contributed by atoms with Gasteiger partial charge < -0.3 is 29.6 Å². The zero-order valence-corrected chi connectivity index (χ0v) is 29.6. The van der Waals surface area contributed by atoms with Gasteiger partial charge in [-0.15, -0.1) is 0 Å². The highest BCUT2D eigenvalue weighted by Crippen LogP contribution is 2.42. The highest BCUT2D eigenvalue weighted by Gasteiger charge is 2.42. The highest BCUT2D eigenvalue weighted by molar-refractivity contribution is 6.01. The van der Waals surface area contributed by atoms with Crippen molar-refractivity contribution in [2.24, 2.45) is 10.8 Å². The minimum absolute atomic E-state index is 0.387. The number of nitrogens with one attached hydrogen (secondary N) is 4. The van der Waals surface area contributed by atoms with E-state index in [9.17, 15) is 0 Å². The smallest absolute Gasteiger partial charge is 0.128 e. The Bertz CT molecular complexity index is 1920. The maximum Gasteiger partial charge on any atom is 0.128 e. The first-order chi connectivity index (χ1) is 24.2. The van der Waals surface area contributed by atoms with Crippen LogP contribution in [0.25, 0.3) is 44.3 Å². The summed E-state index contributed by atoms with van der Waals surface area (Å²) in [7, 11) is 4.45. The molecule has 2 spiro atoms. The van der Waals surface area contributed by atoms with Gasteiger partial charge in [-0.25, -0.2) is 0 Å². The van der Waals surface area contributed by atoms with Gasteiger partial charge in [-0.05, 0) is 125 Å². The molecule has 2 aromatic heterocycles. The normalized spacial score (nSPS) is 20.9. The second-order valence-corrected chi connectivity index (χ2v) is 16.2. The fourth-order valence-electron chi connectivity index (χ4n) is 9.31. The molecular formula is C42H50N8. The molecule has 0 unspecified atom stereocenters. The third-order valence-corrected chi connectivity index (χ3v) is 12.9. The summed E-state index contributed by atoms with van der Waals surface area (Å²) in [6, 6.07) is 26.0. The minimum Gasteiger partial charge on any atom is -0.356 e. The molecule has 0 saturated carbocycles. The van der Waals surface area contributed by atoms with Crippen LogP contribution < -0.4 is 0 Å². The molecule has 4 fully saturated rings. The Morgan fingerprint density at radius 3 is 1.30 bits per heavy atom. The Labute approximate surface area is 295 Å². The van der Waals surface area contributed by atoms with Gasteiger partial charge in [-0.2, -0.15) is 0 Å². The first kappa shape index (κ1) is 31.6. The SMILES string of the molecule is CN1CCC2(CC1)CCN(C(=N)c1ccc3cc(-c4ccc(-c5cc6ccc(C(=N)N7CCC8(CCN(C)CC8)C7)cc6[nH]5)cc4)[nH]c3c1)C2. The predicted octanol–water partition coefficient (Wildman–Crippen LogP) is 7.47. The Morgan fingerprint density at radius 2 is 0.900 bits per heavy atom. The van der Waals surface area contributed by atoms with E-state index in [4.69, 9.17) is 10.8 Å². The number of hydrogen-bond acceptors (Lipinski definition) is 4. The number of fused-ring (bicyclic) bond motifs is 2. The molecule has 0 bridgehead atoms. The van der Waals surface area contributed by atoms with E-state index in [2.05, 4.69) is 116 Å². The topological polar surface area (TPSA) is 92.2 Å². The summed E-state index contributed by atoms with van der Waals surface area (Å²) in [5, 5.41) is 20.5. The molecule has 6 heterocycles. The number of hydrogen-bond donors (Lipinski definition) is 4. The quantitative estimate of drug-likeness (QED) is 0.118. The van der Waals surface area contributed by atoms with Crippen molar-refractivity contribution < 1.29 is 0 Å². The van der Waals surface area contributed by atoms with E-state index in [1.807, 2.05) is 0 Å². The van der Waals surface area contributed by atoms with Gasteiger partial charge in [-0.3, -0.25) is 10.8 Å². The molecule has 0 aliphatic carbocycles. The van der Waals surface area contributed by atoms with Crippen molar-refractivity contribution in [3.05, 3.63) is 83.9 Å². The van der Waals surface area contributed by atoms with Crippen molar-refractivity contribution in [2.75, 3.05) is 66.5 Å². The van der Waals surface area contributed by atoms with Gasteiger partial charge >= 0.3 is 0 Å². The van der Waals surface area contributed by atoms with Gasteiger partial charge in [0.25, 0.3) is 0 Å². The molecule has 4 aliphatic rings. The van der Waals surface area contributed by atoms with Gasteiger partial charge in [0, 0.05) is 70.5 Å². The molecule has 258 valence electrons. The van der Waals surface area contributed by atoms with Crippen molar-refractivity contribution in [3.63, 3.8) is 0 Å². The summed E-state index contributed by atoms with van der Waals surface area (Å²) in [5.74, 6) is 1.31. The molecule has 8 heteroatoms. The van der Waals surface area contributed by atoms with Crippen LogP contribution >= 0.6 is 0 Å². The van der Waals surface area contributed by atoms with Crippen molar-refractivity contribution in [1.29, 1.82) is 10.8 Å². The second-order valence-electron chi connectivity index (χ2n) is 16.2. The van der Waals surface area contributed by atoms with Gasteiger partial charge in [0.2, 0.25) is 0 Å². The Morgan fingerprint density at radius 1 is 0.520 bits per heavy atom. The van der Waals surface area contributed by atoms with E-state index in [0.29, 0.717) is 22.5 Å². The van der Waals surface area contributed by atoms with E-state index in [1.165, 1.54) is 75.5 Å². The number of H-pyrrole nitrogens is 2. The molecule has 8 nitrogen and oxygen atoms in total. The zero-order valence-electron chi connectivity index (χ0n) is 29.6. The first-order valence-corrected chi connectivity index (χ1v) is 18.7. The van der Waals surface area contributed by atoms with Crippen LogP contribution in [0.2, 0.25) is 0 Å². The number of nitrogens with zero attached hydrogens (tertiary/aromatic N) is 4. The van der Waals surface area contributed by atoms with Gasteiger partial charge in [0.15, 0.2) is 0 Å². The Balaban J connectivity index is 0.881. The average Bonchev–Trinajstić information content (AvgIpc) is 3.95. The van der Waals surface area contributed by atoms with Crippen molar-refractivity contribution in [1.82, 2.24) is 29.6 Å². The Hall–Kier alpha value is -4.40. The van der Waals surface area contributed by atoms with Gasteiger partial charge in [0.1, 0.15) is 11.7 Å². The summed E-state index contributed by atoms with van der Waals surface area (Å²) >= 11 is 0. The largest absolute Gasteiger partial charge is 0.356 e. The first-order valence-electron chi connectivity index (χ1n) is 18.7. The van der Waals surface area contributed by atoms with Crippen LogP contribution in [0.1, 0.15) is 49.7 Å². The number of likely N-dealkylation sites (tertiary alicyclic amines) is 4. The third-order valence-electron chi connectivity index (χ3n) is 12.9. The lowest BCUT2D eigenvalue weighted by Gasteiger charge is -2.37. The minimum atomic E-state index is 0.387. The monoisotopic (exact) mass is 666 g/mol.